The second-order valence-electron chi connectivity index (χ2n) is 5.61. The number of para-hydroxylation sites is 1. The van der Waals surface area contributed by atoms with Gasteiger partial charge in [0.2, 0.25) is 5.78 Å². The number of hydrogen-bond donors (Lipinski definition) is 0. The van der Waals surface area contributed by atoms with Gasteiger partial charge in [0.05, 0.1) is 24.2 Å². The third-order valence-corrected chi connectivity index (χ3v) is 4.13. The maximum absolute atomic E-state index is 12.7. The molecule has 0 saturated carbocycles. The Labute approximate surface area is 146 Å². The molecule has 3 heterocycles. The van der Waals surface area contributed by atoms with E-state index in [2.05, 4.69) is 25.2 Å². The Balaban J connectivity index is 1.89. The third kappa shape index (κ3) is 2.34. The van der Waals surface area contributed by atoms with Crippen molar-refractivity contribution in [2.45, 2.75) is 20.0 Å². The summed E-state index contributed by atoms with van der Waals surface area (Å²) in [6.45, 7) is 2.59. The molecule has 4 aromatic rings. The van der Waals surface area contributed by atoms with E-state index in [1.807, 2.05) is 29.5 Å². The number of hydrogen-bond acceptors (Lipinski definition) is 7. The second kappa shape index (κ2) is 6.06. The summed E-state index contributed by atoms with van der Waals surface area (Å²) in [5.74, 6) is 0.465. The molecule has 1 aromatic carbocycles. The number of fused-ring (bicyclic) bond motifs is 3. The van der Waals surface area contributed by atoms with E-state index in [0.717, 1.165) is 0 Å². The van der Waals surface area contributed by atoms with Gasteiger partial charge in [0.25, 0.3) is 5.56 Å². The van der Waals surface area contributed by atoms with Crippen LogP contribution in [0.15, 0.2) is 35.3 Å². The van der Waals surface area contributed by atoms with Gasteiger partial charge in [-0.15, -0.1) is 15.3 Å². The first kappa shape index (κ1) is 15.9. The van der Waals surface area contributed by atoms with Crippen LogP contribution in [-0.4, -0.2) is 47.2 Å². The third-order valence-electron chi connectivity index (χ3n) is 4.13. The second-order valence-corrected chi connectivity index (χ2v) is 5.61. The van der Waals surface area contributed by atoms with Gasteiger partial charge in [0.15, 0.2) is 11.5 Å². The maximum Gasteiger partial charge on any atom is 0.360 e. The summed E-state index contributed by atoms with van der Waals surface area (Å²) in [7, 11) is 1.28. The molecular formula is C16H15N7O3. The normalized spacial score (nSPS) is 11.3. The number of aromatic nitrogens is 7. The molecule has 132 valence electrons. The predicted molar refractivity (Wildman–Crippen MR) is 90.9 cm³/mol. The van der Waals surface area contributed by atoms with E-state index in [1.54, 1.807) is 10.6 Å². The Hall–Kier alpha value is -3.56. The quantitative estimate of drug-likeness (QED) is 0.491. The Kier molecular flexibility index (Phi) is 3.72. The van der Waals surface area contributed by atoms with E-state index >= 15 is 0 Å². The molecule has 10 nitrogen and oxygen atoms in total. The summed E-state index contributed by atoms with van der Waals surface area (Å²) in [5.41, 5.74) is 0.713. The fourth-order valence-corrected chi connectivity index (χ4v) is 2.92. The van der Waals surface area contributed by atoms with Gasteiger partial charge in [0, 0.05) is 6.54 Å². The minimum absolute atomic E-state index is 0.108. The molecule has 0 saturated heterocycles. The number of benzene rings is 1. The molecule has 0 unspecified atom stereocenters. The van der Waals surface area contributed by atoms with Gasteiger partial charge in [-0.2, -0.15) is 0 Å². The molecule has 0 fully saturated rings. The van der Waals surface area contributed by atoms with Crippen LogP contribution in [0.1, 0.15) is 23.2 Å². The van der Waals surface area contributed by atoms with Crippen LogP contribution in [-0.2, 0) is 17.8 Å². The first-order chi connectivity index (χ1) is 12.6. The first-order valence-corrected chi connectivity index (χ1v) is 7.98. The lowest BCUT2D eigenvalue weighted by Gasteiger charge is -2.09. The van der Waals surface area contributed by atoms with Crippen LogP contribution in [0.4, 0.5) is 0 Å². The lowest BCUT2D eigenvalue weighted by Crippen LogP contribution is -2.23. The van der Waals surface area contributed by atoms with E-state index in [4.69, 9.17) is 0 Å². The van der Waals surface area contributed by atoms with Crippen molar-refractivity contribution < 1.29 is 9.53 Å². The standard InChI is InChI=1S/C16H15N7O3/c1-3-22-14(24)10-6-4-5-7-12(10)23-13(18-19-16(22)23)9-21-8-11(17-20-21)15(25)26-2/h4-8H,3,9H2,1-2H3. The van der Waals surface area contributed by atoms with Crippen molar-refractivity contribution >= 4 is 22.6 Å². The molecule has 0 aliphatic heterocycles. The molecule has 26 heavy (non-hydrogen) atoms. The predicted octanol–water partition coefficient (Wildman–Crippen LogP) is 0.490. The Morgan fingerprint density at radius 3 is 2.77 bits per heavy atom. The average Bonchev–Trinajstić information content (AvgIpc) is 3.30. The van der Waals surface area contributed by atoms with E-state index in [9.17, 15) is 9.59 Å². The monoisotopic (exact) mass is 353 g/mol. The maximum atomic E-state index is 12.7. The molecule has 0 amide bonds. The van der Waals surface area contributed by atoms with Crippen LogP contribution in [0.2, 0.25) is 0 Å². The van der Waals surface area contributed by atoms with Crippen molar-refractivity contribution in [3.63, 3.8) is 0 Å². The van der Waals surface area contributed by atoms with Crippen LogP contribution < -0.4 is 5.56 Å². The highest BCUT2D eigenvalue weighted by atomic mass is 16.5. The number of esters is 1. The lowest BCUT2D eigenvalue weighted by atomic mass is 10.2. The Bertz CT molecular complexity index is 1190. The molecule has 0 N–H and O–H groups in total. The minimum atomic E-state index is -0.562. The molecule has 0 aliphatic carbocycles. The molecule has 0 radical (unpaired) electrons. The molecule has 0 bridgehead atoms. The van der Waals surface area contributed by atoms with E-state index in [-0.39, 0.29) is 17.8 Å². The van der Waals surface area contributed by atoms with Crippen LogP contribution >= 0.6 is 0 Å². The van der Waals surface area contributed by atoms with Crippen molar-refractivity contribution in [1.29, 1.82) is 0 Å². The number of carbonyl (C=O) groups excluding carboxylic acids is 1. The van der Waals surface area contributed by atoms with Crippen LogP contribution in [0, 0.1) is 0 Å². The summed E-state index contributed by atoms with van der Waals surface area (Å²) in [6.07, 6.45) is 1.48. The highest BCUT2D eigenvalue weighted by molar-refractivity contribution is 5.86. The summed E-state index contributed by atoms with van der Waals surface area (Å²) in [4.78, 5) is 24.2. The fraction of sp³-hybridized carbons (Fsp3) is 0.250. The zero-order chi connectivity index (χ0) is 18.3. The van der Waals surface area contributed by atoms with Crippen molar-refractivity contribution in [2.24, 2.45) is 0 Å². The van der Waals surface area contributed by atoms with E-state index < -0.39 is 5.97 Å². The fourth-order valence-electron chi connectivity index (χ4n) is 2.92. The largest absolute Gasteiger partial charge is 0.464 e. The van der Waals surface area contributed by atoms with Gasteiger partial charge < -0.3 is 4.74 Å². The van der Waals surface area contributed by atoms with Gasteiger partial charge in [0.1, 0.15) is 6.54 Å². The van der Waals surface area contributed by atoms with Gasteiger partial charge >= 0.3 is 5.97 Å². The lowest BCUT2D eigenvalue weighted by molar-refractivity contribution is 0.0594. The van der Waals surface area contributed by atoms with Gasteiger partial charge in [-0.05, 0) is 19.1 Å². The van der Waals surface area contributed by atoms with Crippen molar-refractivity contribution in [2.75, 3.05) is 7.11 Å². The number of aryl methyl sites for hydroxylation is 1. The summed E-state index contributed by atoms with van der Waals surface area (Å²) < 4.78 is 9.49. The Morgan fingerprint density at radius 1 is 1.19 bits per heavy atom. The summed E-state index contributed by atoms with van der Waals surface area (Å²) in [5, 5.41) is 16.7. The molecule has 0 atom stereocenters. The average molecular weight is 353 g/mol. The molecule has 3 aromatic heterocycles. The topological polar surface area (TPSA) is 109 Å². The molecular weight excluding hydrogens is 338 g/mol. The van der Waals surface area contributed by atoms with Crippen LogP contribution in [0.25, 0.3) is 16.7 Å². The number of rotatable bonds is 4. The number of ether oxygens (including phenoxy) is 1. The summed E-state index contributed by atoms with van der Waals surface area (Å²) in [6, 6.07) is 7.29. The van der Waals surface area contributed by atoms with Crippen molar-refractivity contribution in [3.8, 4) is 0 Å². The Morgan fingerprint density at radius 2 is 2.00 bits per heavy atom. The summed E-state index contributed by atoms with van der Waals surface area (Å²) >= 11 is 0. The number of nitrogens with zero attached hydrogens (tertiary/aromatic N) is 7. The highest BCUT2D eigenvalue weighted by Gasteiger charge is 2.17. The van der Waals surface area contributed by atoms with Crippen LogP contribution in [0.3, 0.4) is 0 Å². The smallest absolute Gasteiger partial charge is 0.360 e. The molecule has 10 heteroatoms. The molecule has 0 spiro atoms. The number of carbonyl (C=O) groups is 1. The van der Waals surface area contributed by atoms with Gasteiger partial charge in [-0.25, -0.2) is 9.48 Å². The van der Waals surface area contributed by atoms with Crippen molar-refractivity contribution in [3.05, 3.63) is 52.3 Å². The zero-order valence-corrected chi connectivity index (χ0v) is 14.2. The zero-order valence-electron chi connectivity index (χ0n) is 14.2. The molecule has 4 rings (SSSR count). The minimum Gasteiger partial charge on any atom is -0.464 e. The first-order valence-electron chi connectivity index (χ1n) is 7.98. The van der Waals surface area contributed by atoms with Gasteiger partial charge in [-0.1, -0.05) is 17.3 Å². The number of methoxy groups -OCH3 is 1. The van der Waals surface area contributed by atoms with E-state index in [0.29, 0.717) is 29.0 Å². The SMILES string of the molecule is CCn1c(=O)c2ccccc2n2c(Cn3cc(C(=O)OC)nn3)nnc12. The van der Waals surface area contributed by atoms with Gasteiger partial charge in [-0.3, -0.25) is 13.8 Å². The molecule has 0 aliphatic rings. The highest BCUT2D eigenvalue weighted by Crippen LogP contribution is 2.15. The van der Waals surface area contributed by atoms with Crippen molar-refractivity contribution in [1.82, 2.24) is 34.2 Å². The van der Waals surface area contributed by atoms with Crippen LogP contribution in [0.5, 0.6) is 0 Å². The van der Waals surface area contributed by atoms with E-state index in [1.165, 1.54) is 18.0 Å².